The molecule has 0 saturated carbocycles. The second kappa shape index (κ2) is 9.75. The summed E-state index contributed by atoms with van der Waals surface area (Å²) in [6.45, 7) is 4.04. The van der Waals surface area contributed by atoms with E-state index in [4.69, 9.17) is 25.6 Å². The van der Waals surface area contributed by atoms with Crippen molar-refractivity contribution in [1.29, 1.82) is 0 Å². The van der Waals surface area contributed by atoms with E-state index in [9.17, 15) is 4.79 Å². The summed E-state index contributed by atoms with van der Waals surface area (Å²) in [4.78, 5) is 18.4. The van der Waals surface area contributed by atoms with Gasteiger partial charge < -0.3 is 18.9 Å². The van der Waals surface area contributed by atoms with E-state index >= 15 is 0 Å². The molecule has 0 atom stereocenters. The van der Waals surface area contributed by atoms with Gasteiger partial charge in [0.2, 0.25) is 11.7 Å². The van der Waals surface area contributed by atoms with Gasteiger partial charge in [0.1, 0.15) is 18.0 Å². The number of ether oxygens (including phenoxy) is 2. The molecule has 0 aliphatic rings. The zero-order valence-electron chi connectivity index (χ0n) is 15.9. The number of benzene rings is 2. The molecule has 1 amide bonds. The summed E-state index contributed by atoms with van der Waals surface area (Å²) < 4.78 is 16.0. The maximum Gasteiger partial charge on any atom is 0.261 e. The Bertz CT molecular complexity index is 955. The fourth-order valence-electron chi connectivity index (χ4n) is 2.52. The van der Waals surface area contributed by atoms with Crippen LogP contribution in [-0.2, 0) is 11.3 Å². The van der Waals surface area contributed by atoms with Crippen molar-refractivity contribution in [1.82, 2.24) is 15.0 Å². The maximum absolute atomic E-state index is 12.5. The van der Waals surface area contributed by atoms with Crippen LogP contribution in [0.1, 0.15) is 5.89 Å². The summed E-state index contributed by atoms with van der Waals surface area (Å²) in [5.74, 6) is 1.81. The first-order chi connectivity index (χ1) is 14.1. The molecule has 0 radical (unpaired) electrons. The molecule has 0 N–H and O–H groups in total. The zero-order chi connectivity index (χ0) is 20.6. The van der Waals surface area contributed by atoms with E-state index in [0.717, 1.165) is 11.3 Å². The lowest BCUT2D eigenvalue weighted by molar-refractivity contribution is -0.133. The lowest BCUT2D eigenvalue weighted by Crippen LogP contribution is -2.34. The van der Waals surface area contributed by atoms with Gasteiger partial charge in [-0.1, -0.05) is 22.8 Å². The highest BCUT2D eigenvalue weighted by molar-refractivity contribution is 6.30. The highest BCUT2D eigenvalue weighted by Crippen LogP contribution is 2.20. The fraction of sp³-hybridized carbons (Fsp3) is 0.190. The standard InChI is InChI=1S/C21H20ClN3O4/c1-3-12-25(20(26)14-28-18-10-6-16(22)7-11-18)13-19-23-21(24-29-19)15-4-8-17(27-2)9-5-15/h3-11H,1,12-14H2,2H3. The van der Waals surface area contributed by atoms with E-state index in [1.807, 2.05) is 24.3 Å². The van der Waals surface area contributed by atoms with Crippen molar-refractivity contribution in [2.75, 3.05) is 20.3 Å². The minimum Gasteiger partial charge on any atom is -0.497 e. The number of amides is 1. The van der Waals surface area contributed by atoms with Crippen LogP contribution >= 0.6 is 11.6 Å². The van der Waals surface area contributed by atoms with Gasteiger partial charge in [-0.15, -0.1) is 6.58 Å². The van der Waals surface area contributed by atoms with Crippen LogP contribution in [0.3, 0.4) is 0 Å². The molecule has 0 fully saturated rings. The SMILES string of the molecule is C=CCN(Cc1nc(-c2ccc(OC)cc2)no1)C(=O)COc1ccc(Cl)cc1. The van der Waals surface area contributed by atoms with Gasteiger partial charge in [-0.2, -0.15) is 4.98 Å². The molecule has 1 heterocycles. The summed E-state index contributed by atoms with van der Waals surface area (Å²) in [6, 6.07) is 14.1. The predicted octanol–water partition coefficient (Wildman–Crippen LogP) is 3.99. The Labute approximate surface area is 173 Å². The molecule has 0 aliphatic heterocycles. The normalized spacial score (nSPS) is 10.4. The minimum atomic E-state index is -0.232. The summed E-state index contributed by atoms with van der Waals surface area (Å²) in [5.41, 5.74) is 0.786. The van der Waals surface area contributed by atoms with Gasteiger partial charge in [-0.3, -0.25) is 4.79 Å². The number of carbonyl (C=O) groups is 1. The molecule has 3 aromatic rings. The summed E-state index contributed by atoms with van der Waals surface area (Å²) in [7, 11) is 1.60. The third-order valence-corrected chi connectivity index (χ3v) is 4.27. The van der Waals surface area contributed by atoms with Gasteiger partial charge in [0.05, 0.1) is 7.11 Å². The summed E-state index contributed by atoms with van der Waals surface area (Å²) >= 11 is 5.85. The monoisotopic (exact) mass is 413 g/mol. The molecule has 0 aliphatic carbocycles. The van der Waals surface area contributed by atoms with E-state index < -0.39 is 0 Å². The number of aromatic nitrogens is 2. The van der Waals surface area contributed by atoms with Gasteiger partial charge in [-0.25, -0.2) is 0 Å². The first-order valence-corrected chi connectivity index (χ1v) is 9.21. The van der Waals surface area contributed by atoms with Crippen molar-refractivity contribution in [2.45, 2.75) is 6.54 Å². The van der Waals surface area contributed by atoms with Crippen molar-refractivity contribution in [2.24, 2.45) is 0 Å². The first-order valence-electron chi connectivity index (χ1n) is 8.83. The summed E-state index contributed by atoms with van der Waals surface area (Å²) in [5, 5.41) is 4.58. The molecular formula is C21H20ClN3O4. The van der Waals surface area contributed by atoms with Crippen molar-refractivity contribution in [3.63, 3.8) is 0 Å². The molecule has 150 valence electrons. The fourth-order valence-corrected chi connectivity index (χ4v) is 2.64. The molecular weight excluding hydrogens is 394 g/mol. The number of hydrogen-bond acceptors (Lipinski definition) is 6. The number of rotatable bonds is 9. The van der Waals surface area contributed by atoms with E-state index in [2.05, 4.69) is 16.7 Å². The molecule has 2 aromatic carbocycles. The van der Waals surface area contributed by atoms with E-state index in [0.29, 0.717) is 29.0 Å². The van der Waals surface area contributed by atoms with Gasteiger partial charge >= 0.3 is 0 Å². The minimum absolute atomic E-state index is 0.130. The van der Waals surface area contributed by atoms with Gasteiger partial charge in [0, 0.05) is 17.1 Å². The average Bonchev–Trinajstić information content (AvgIpc) is 3.21. The molecule has 0 bridgehead atoms. The second-order valence-corrected chi connectivity index (χ2v) is 6.48. The predicted molar refractivity (Wildman–Crippen MR) is 109 cm³/mol. The Balaban J connectivity index is 1.63. The molecule has 7 nitrogen and oxygen atoms in total. The Morgan fingerprint density at radius 3 is 2.52 bits per heavy atom. The van der Waals surface area contributed by atoms with E-state index in [-0.39, 0.29) is 19.1 Å². The van der Waals surface area contributed by atoms with Crippen LogP contribution in [0.5, 0.6) is 11.5 Å². The highest BCUT2D eigenvalue weighted by atomic mass is 35.5. The van der Waals surface area contributed by atoms with Crippen LogP contribution in [0.15, 0.2) is 65.7 Å². The van der Waals surface area contributed by atoms with Crippen LogP contribution in [0.25, 0.3) is 11.4 Å². The lowest BCUT2D eigenvalue weighted by Gasteiger charge is -2.19. The topological polar surface area (TPSA) is 77.7 Å². The van der Waals surface area contributed by atoms with Gasteiger partial charge in [0.25, 0.3) is 5.91 Å². The largest absolute Gasteiger partial charge is 0.497 e. The Kier molecular flexibility index (Phi) is 6.86. The number of nitrogens with zero attached hydrogens (tertiary/aromatic N) is 3. The van der Waals surface area contributed by atoms with Crippen LogP contribution < -0.4 is 9.47 Å². The van der Waals surface area contributed by atoms with Crippen molar-refractivity contribution < 1.29 is 18.8 Å². The van der Waals surface area contributed by atoms with Gasteiger partial charge in [-0.05, 0) is 48.5 Å². The van der Waals surface area contributed by atoms with E-state index in [1.165, 1.54) is 4.90 Å². The number of methoxy groups -OCH3 is 1. The zero-order valence-corrected chi connectivity index (χ0v) is 16.6. The maximum atomic E-state index is 12.5. The van der Waals surface area contributed by atoms with Crippen molar-refractivity contribution in [3.8, 4) is 22.9 Å². The first kappa shape index (κ1) is 20.4. The molecule has 0 saturated heterocycles. The molecule has 29 heavy (non-hydrogen) atoms. The second-order valence-electron chi connectivity index (χ2n) is 6.05. The Morgan fingerprint density at radius 1 is 1.17 bits per heavy atom. The van der Waals surface area contributed by atoms with Crippen LogP contribution in [-0.4, -0.2) is 41.2 Å². The lowest BCUT2D eigenvalue weighted by atomic mass is 10.2. The van der Waals surface area contributed by atoms with Crippen molar-refractivity contribution >= 4 is 17.5 Å². The van der Waals surface area contributed by atoms with Crippen LogP contribution in [0, 0.1) is 0 Å². The van der Waals surface area contributed by atoms with Crippen molar-refractivity contribution in [3.05, 3.63) is 72.1 Å². The van der Waals surface area contributed by atoms with Crippen LogP contribution in [0.4, 0.5) is 0 Å². The third-order valence-electron chi connectivity index (χ3n) is 4.02. The highest BCUT2D eigenvalue weighted by Gasteiger charge is 2.18. The number of carbonyl (C=O) groups excluding carboxylic acids is 1. The number of halogens is 1. The van der Waals surface area contributed by atoms with Gasteiger partial charge in [0.15, 0.2) is 6.61 Å². The quantitative estimate of drug-likeness (QED) is 0.493. The Morgan fingerprint density at radius 2 is 1.86 bits per heavy atom. The number of hydrogen-bond donors (Lipinski definition) is 0. The molecule has 0 spiro atoms. The molecule has 1 aromatic heterocycles. The molecule has 8 heteroatoms. The summed E-state index contributed by atoms with van der Waals surface area (Å²) in [6.07, 6.45) is 1.63. The van der Waals surface area contributed by atoms with E-state index in [1.54, 1.807) is 37.5 Å². The van der Waals surface area contributed by atoms with Crippen LogP contribution in [0.2, 0.25) is 5.02 Å². The Hall–Kier alpha value is -3.32. The third kappa shape index (κ3) is 5.58. The molecule has 0 unspecified atom stereocenters. The average molecular weight is 414 g/mol. The molecule has 3 rings (SSSR count). The smallest absolute Gasteiger partial charge is 0.261 e.